The SMILES string of the molecule is O=Cc1cc2cccnc2cn1. The second-order valence-electron chi connectivity index (χ2n) is 2.42. The van der Waals surface area contributed by atoms with E-state index in [1.54, 1.807) is 18.5 Å². The Labute approximate surface area is 69.1 Å². The van der Waals surface area contributed by atoms with E-state index >= 15 is 0 Å². The lowest BCUT2D eigenvalue weighted by atomic mass is 10.2. The summed E-state index contributed by atoms with van der Waals surface area (Å²) in [6.45, 7) is 0. The zero-order valence-electron chi connectivity index (χ0n) is 6.27. The van der Waals surface area contributed by atoms with E-state index in [1.165, 1.54) is 0 Å². The summed E-state index contributed by atoms with van der Waals surface area (Å²) in [7, 11) is 0. The van der Waals surface area contributed by atoms with Crippen LogP contribution in [0.1, 0.15) is 10.5 Å². The van der Waals surface area contributed by atoms with E-state index in [0.29, 0.717) is 5.69 Å². The van der Waals surface area contributed by atoms with Gasteiger partial charge in [-0.25, -0.2) is 0 Å². The van der Waals surface area contributed by atoms with Gasteiger partial charge in [0.2, 0.25) is 0 Å². The highest BCUT2D eigenvalue weighted by Crippen LogP contribution is 2.08. The van der Waals surface area contributed by atoms with Crippen LogP contribution in [0.25, 0.3) is 10.9 Å². The Morgan fingerprint density at radius 2 is 2.25 bits per heavy atom. The average molecular weight is 158 g/mol. The highest BCUT2D eigenvalue weighted by molar-refractivity contribution is 5.83. The van der Waals surface area contributed by atoms with Crippen LogP contribution >= 0.6 is 0 Å². The van der Waals surface area contributed by atoms with Gasteiger partial charge in [0.25, 0.3) is 0 Å². The molecule has 0 aromatic carbocycles. The van der Waals surface area contributed by atoms with Crippen molar-refractivity contribution in [2.24, 2.45) is 0 Å². The number of rotatable bonds is 1. The molecule has 0 unspecified atom stereocenters. The molecule has 12 heavy (non-hydrogen) atoms. The normalized spacial score (nSPS) is 10.0. The van der Waals surface area contributed by atoms with Crippen molar-refractivity contribution in [2.45, 2.75) is 0 Å². The Morgan fingerprint density at radius 1 is 1.33 bits per heavy atom. The van der Waals surface area contributed by atoms with Crippen molar-refractivity contribution in [1.29, 1.82) is 0 Å². The molecular formula is C9H6N2O. The Kier molecular flexibility index (Phi) is 1.55. The van der Waals surface area contributed by atoms with Gasteiger partial charge in [-0.05, 0) is 12.1 Å². The largest absolute Gasteiger partial charge is 0.296 e. The minimum absolute atomic E-state index is 0.440. The molecule has 0 bridgehead atoms. The first-order valence-electron chi connectivity index (χ1n) is 3.56. The summed E-state index contributed by atoms with van der Waals surface area (Å²) in [6.07, 6.45) is 4.02. The van der Waals surface area contributed by atoms with Gasteiger partial charge in [0.1, 0.15) is 5.69 Å². The molecule has 2 aromatic rings. The summed E-state index contributed by atoms with van der Waals surface area (Å²) < 4.78 is 0. The van der Waals surface area contributed by atoms with Crippen molar-refractivity contribution < 1.29 is 4.79 Å². The maximum absolute atomic E-state index is 10.4. The monoisotopic (exact) mass is 158 g/mol. The summed E-state index contributed by atoms with van der Waals surface area (Å²) in [5.74, 6) is 0. The lowest BCUT2D eigenvalue weighted by Gasteiger charge is -1.94. The molecule has 0 aliphatic heterocycles. The highest BCUT2D eigenvalue weighted by Gasteiger charge is 1.95. The smallest absolute Gasteiger partial charge is 0.168 e. The minimum Gasteiger partial charge on any atom is -0.296 e. The van der Waals surface area contributed by atoms with Crippen molar-refractivity contribution in [3.05, 3.63) is 36.3 Å². The van der Waals surface area contributed by atoms with E-state index in [4.69, 9.17) is 0 Å². The quantitative estimate of drug-likeness (QED) is 0.590. The van der Waals surface area contributed by atoms with Crippen LogP contribution < -0.4 is 0 Å². The van der Waals surface area contributed by atoms with Crippen molar-refractivity contribution in [3.63, 3.8) is 0 Å². The van der Waals surface area contributed by atoms with Crippen LogP contribution in [0.4, 0.5) is 0 Å². The van der Waals surface area contributed by atoms with E-state index < -0.39 is 0 Å². The maximum Gasteiger partial charge on any atom is 0.168 e. The number of hydrogen-bond donors (Lipinski definition) is 0. The third-order valence-corrected chi connectivity index (χ3v) is 1.63. The summed E-state index contributed by atoms with van der Waals surface area (Å²) in [5, 5.41) is 0.939. The molecule has 0 N–H and O–H groups in total. The first-order chi connectivity index (χ1) is 5.90. The predicted molar refractivity (Wildman–Crippen MR) is 44.9 cm³/mol. The van der Waals surface area contributed by atoms with Gasteiger partial charge >= 0.3 is 0 Å². The number of carbonyl (C=O) groups excluding carboxylic acids is 1. The van der Waals surface area contributed by atoms with Gasteiger partial charge < -0.3 is 0 Å². The first kappa shape index (κ1) is 6.91. The van der Waals surface area contributed by atoms with E-state index in [-0.39, 0.29) is 0 Å². The average Bonchev–Trinajstić information content (AvgIpc) is 2.17. The topological polar surface area (TPSA) is 42.9 Å². The third kappa shape index (κ3) is 1.05. The van der Waals surface area contributed by atoms with Gasteiger partial charge in [-0.1, -0.05) is 6.07 Å². The molecule has 0 atom stereocenters. The highest BCUT2D eigenvalue weighted by atomic mass is 16.1. The molecule has 2 heterocycles. The summed E-state index contributed by atoms with van der Waals surface area (Å²) in [6, 6.07) is 5.45. The fraction of sp³-hybridized carbons (Fsp3) is 0. The van der Waals surface area contributed by atoms with Gasteiger partial charge in [-0.3, -0.25) is 14.8 Å². The molecule has 2 rings (SSSR count). The van der Waals surface area contributed by atoms with Gasteiger partial charge in [0.15, 0.2) is 6.29 Å². The lowest BCUT2D eigenvalue weighted by Crippen LogP contribution is -1.86. The Morgan fingerprint density at radius 3 is 3.08 bits per heavy atom. The molecule has 0 saturated heterocycles. The first-order valence-corrected chi connectivity index (χ1v) is 3.56. The second-order valence-corrected chi connectivity index (χ2v) is 2.42. The lowest BCUT2D eigenvalue weighted by molar-refractivity contribution is 0.111. The van der Waals surface area contributed by atoms with Crippen LogP contribution in [0.5, 0.6) is 0 Å². The zero-order valence-corrected chi connectivity index (χ0v) is 6.27. The van der Waals surface area contributed by atoms with Crippen LogP contribution in [0.15, 0.2) is 30.6 Å². The molecule has 0 aliphatic carbocycles. The molecule has 3 nitrogen and oxygen atoms in total. The van der Waals surface area contributed by atoms with Crippen LogP contribution in [-0.4, -0.2) is 16.3 Å². The molecule has 58 valence electrons. The number of pyridine rings is 2. The van der Waals surface area contributed by atoms with Crippen LogP contribution in [0.2, 0.25) is 0 Å². The fourth-order valence-electron chi connectivity index (χ4n) is 1.06. The number of fused-ring (bicyclic) bond motifs is 1. The van der Waals surface area contributed by atoms with E-state index in [0.717, 1.165) is 17.2 Å². The summed E-state index contributed by atoms with van der Waals surface area (Å²) >= 11 is 0. The predicted octanol–water partition coefficient (Wildman–Crippen LogP) is 1.44. The van der Waals surface area contributed by atoms with E-state index in [1.807, 2.05) is 12.1 Å². The van der Waals surface area contributed by atoms with Gasteiger partial charge in [-0.15, -0.1) is 0 Å². The number of nitrogens with zero attached hydrogens (tertiary/aromatic N) is 2. The molecule has 0 saturated carbocycles. The number of aldehydes is 1. The molecule has 0 fully saturated rings. The molecular weight excluding hydrogens is 152 g/mol. The molecule has 0 radical (unpaired) electrons. The summed E-state index contributed by atoms with van der Waals surface area (Å²) in [4.78, 5) is 18.3. The molecule has 0 amide bonds. The van der Waals surface area contributed by atoms with Gasteiger partial charge in [0.05, 0.1) is 11.7 Å². The van der Waals surface area contributed by atoms with Crippen molar-refractivity contribution >= 4 is 17.2 Å². The maximum atomic E-state index is 10.4. The van der Waals surface area contributed by atoms with Crippen LogP contribution in [0.3, 0.4) is 0 Å². The Hall–Kier alpha value is -1.77. The number of hydrogen-bond acceptors (Lipinski definition) is 3. The Balaban J connectivity index is 2.75. The fourth-order valence-corrected chi connectivity index (χ4v) is 1.06. The number of carbonyl (C=O) groups is 1. The molecule has 0 spiro atoms. The Bertz CT molecular complexity index is 426. The molecule has 3 heteroatoms. The molecule has 0 aliphatic rings. The van der Waals surface area contributed by atoms with Crippen molar-refractivity contribution in [3.8, 4) is 0 Å². The molecule has 2 aromatic heterocycles. The third-order valence-electron chi connectivity index (χ3n) is 1.63. The minimum atomic E-state index is 0.440. The van der Waals surface area contributed by atoms with Gasteiger partial charge in [0, 0.05) is 11.6 Å². The van der Waals surface area contributed by atoms with Crippen molar-refractivity contribution in [1.82, 2.24) is 9.97 Å². The van der Waals surface area contributed by atoms with E-state index in [2.05, 4.69) is 9.97 Å². The van der Waals surface area contributed by atoms with Crippen molar-refractivity contribution in [2.75, 3.05) is 0 Å². The van der Waals surface area contributed by atoms with E-state index in [9.17, 15) is 4.79 Å². The number of aromatic nitrogens is 2. The van der Waals surface area contributed by atoms with Crippen LogP contribution in [0, 0.1) is 0 Å². The summed E-state index contributed by atoms with van der Waals surface area (Å²) in [5.41, 5.74) is 1.25. The zero-order chi connectivity index (χ0) is 8.39. The second kappa shape index (κ2) is 2.70. The van der Waals surface area contributed by atoms with Gasteiger partial charge in [-0.2, -0.15) is 0 Å². The van der Waals surface area contributed by atoms with Crippen LogP contribution in [-0.2, 0) is 0 Å². The standard InChI is InChI=1S/C9H6N2O/c12-6-8-4-7-2-1-3-10-9(7)5-11-8/h1-6H.